The van der Waals surface area contributed by atoms with E-state index in [0.717, 1.165) is 19.3 Å². The minimum absolute atomic E-state index is 0. The van der Waals surface area contributed by atoms with Crippen molar-refractivity contribution >= 4 is 11.9 Å². The van der Waals surface area contributed by atoms with Gasteiger partial charge in [0.15, 0.2) is 5.41 Å². The topological polar surface area (TPSA) is 74.6 Å². The minimum atomic E-state index is -1.65. The molecule has 0 saturated carbocycles. The molecule has 1 unspecified atom stereocenters. The van der Waals surface area contributed by atoms with Crippen LogP contribution in [0.2, 0.25) is 0 Å². The Balaban J connectivity index is -0.000000187. The summed E-state index contributed by atoms with van der Waals surface area (Å²) in [5.41, 5.74) is -1.65. The van der Waals surface area contributed by atoms with Crippen molar-refractivity contribution < 1.29 is 104 Å². The van der Waals surface area contributed by atoms with Gasteiger partial charge in [-0.15, -0.1) is 0 Å². The van der Waals surface area contributed by atoms with Crippen molar-refractivity contribution in [3.63, 3.8) is 0 Å². The number of carboxylic acids is 2. The van der Waals surface area contributed by atoms with Gasteiger partial charge in [-0.2, -0.15) is 0 Å². The Morgan fingerprint density at radius 3 is 1.89 bits per heavy atom. The largest absolute Gasteiger partial charge is 1.00 e. The maximum atomic E-state index is 11.1. The van der Waals surface area contributed by atoms with Crippen LogP contribution in [0, 0.1) is 11.3 Å². The smallest absolute Gasteiger partial charge is 1.00 e. The molecular weight excluding hydrogens is 270 g/mol. The van der Waals surface area contributed by atoms with E-state index in [2.05, 4.69) is 6.92 Å². The predicted octanol–water partition coefficient (Wildman–Crippen LogP) is -3.00. The van der Waals surface area contributed by atoms with Gasteiger partial charge in [0.25, 0.3) is 0 Å². The molecule has 0 heterocycles. The Morgan fingerprint density at radius 1 is 1.17 bits per heavy atom. The van der Waals surface area contributed by atoms with Gasteiger partial charge in [-0.1, -0.05) is 39.5 Å². The van der Waals surface area contributed by atoms with Gasteiger partial charge in [-0.3, -0.25) is 9.59 Å². The summed E-state index contributed by atoms with van der Waals surface area (Å²) in [6, 6.07) is 0. The summed E-state index contributed by atoms with van der Waals surface area (Å²) in [6.07, 6.45) is 4.21. The van der Waals surface area contributed by atoms with Crippen molar-refractivity contribution in [2.45, 2.75) is 52.9 Å². The van der Waals surface area contributed by atoms with Crippen LogP contribution in [0.5, 0.6) is 0 Å². The van der Waals surface area contributed by atoms with Crippen LogP contribution in [0.25, 0.3) is 0 Å². The number of aliphatic carboxylic acids is 2. The van der Waals surface area contributed by atoms with Crippen molar-refractivity contribution in [1.82, 2.24) is 0 Å². The normalized spacial score (nSPS) is 11.9. The molecule has 1 atom stereocenters. The van der Waals surface area contributed by atoms with Crippen LogP contribution in [0.3, 0.4) is 0 Å². The number of carbonyl (C=O) groups is 2. The van der Waals surface area contributed by atoms with Crippen molar-refractivity contribution in [3.8, 4) is 0 Å². The van der Waals surface area contributed by atoms with E-state index in [0.29, 0.717) is 12.8 Å². The molecule has 0 spiro atoms. The van der Waals surface area contributed by atoms with E-state index in [4.69, 9.17) is 10.2 Å². The zero-order valence-corrected chi connectivity index (χ0v) is 17.4. The van der Waals surface area contributed by atoms with Crippen molar-refractivity contribution in [2.75, 3.05) is 0 Å². The first kappa shape index (κ1) is 24.6. The van der Waals surface area contributed by atoms with Gasteiger partial charge in [0.1, 0.15) is 0 Å². The maximum Gasteiger partial charge on any atom is 1.00 e. The average molecular weight is 294 g/mol. The zero-order valence-electron chi connectivity index (χ0n) is 14.3. The molecular formula is C12H24KNaO4. The monoisotopic (exact) mass is 294 g/mol. The van der Waals surface area contributed by atoms with E-state index < -0.39 is 17.4 Å². The van der Waals surface area contributed by atoms with Gasteiger partial charge in [0.05, 0.1) is 0 Å². The maximum absolute atomic E-state index is 11.1. The Hall–Kier alpha value is 1.58. The van der Waals surface area contributed by atoms with E-state index in [9.17, 15) is 9.59 Å². The Labute approximate surface area is 177 Å². The van der Waals surface area contributed by atoms with Crippen LogP contribution in [-0.2, 0) is 9.59 Å². The molecule has 0 radical (unpaired) electrons. The quantitative estimate of drug-likeness (QED) is 0.284. The first-order valence-corrected chi connectivity index (χ1v) is 5.87. The number of hydrogen-bond donors (Lipinski definition) is 2. The van der Waals surface area contributed by atoms with Crippen molar-refractivity contribution in [2.24, 2.45) is 11.3 Å². The fourth-order valence-corrected chi connectivity index (χ4v) is 1.98. The number of hydrogen-bond acceptors (Lipinski definition) is 2. The van der Waals surface area contributed by atoms with Gasteiger partial charge in [-0.05, 0) is 19.3 Å². The number of carboxylic acid groups (broad SMARTS) is 2. The molecule has 0 aromatic heterocycles. The fraction of sp³-hybridized carbons (Fsp3) is 0.833. The van der Waals surface area contributed by atoms with E-state index in [1.165, 1.54) is 6.92 Å². The molecule has 0 bridgehead atoms. The van der Waals surface area contributed by atoms with Crippen LogP contribution < -0.4 is 80.9 Å². The van der Waals surface area contributed by atoms with E-state index in [1.807, 2.05) is 6.92 Å². The van der Waals surface area contributed by atoms with Crippen LogP contribution in [0.1, 0.15) is 55.7 Å². The molecule has 98 valence electrons. The van der Waals surface area contributed by atoms with Gasteiger partial charge >= 0.3 is 92.9 Å². The van der Waals surface area contributed by atoms with Crippen molar-refractivity contribution in [3.05, 3.63) is 0 Å². The third kappa shape index (κ3) is 6.84. The number of unbranched alkanes of at least 4 members (excludes halogenated alkanes) is 2. The first-order chi connectivity index (χ1) is 7.41. The summed E-state index contributed by atoms with van der Waals surface area (Å²) < 4.78 is 0. The molecule has 0 fully saturated rings. The van der Waals surface area contributed by atoms with Gasteiger partial charge < -0.3 is 13.1 Å². The summed E-state index contributed by atoms with van der Waals surface area (Å²) >= 11 is 0. The second-order valence-corrected chi connectivity index (χ2v) is 4.41. The molecule has 0 saturated heterocycles. The van der Waals surface area contributed by atoms with Crippen LogP contribution in [0.4, 0.5) is 0 Å². The van der Waals surface area contributed by atoms with Gasteiger partial charge in [-0.25, -0.2) is 0 Å². The summed E-state index contributed by atoms with van der Waals surface area (Å²) in [6.45, 7) is 5.23. The molecule has 0 amide bonds. The van der Waals surface area contributed by atoms with Crippen LogP contribution in [0.15, 0.2) is 0 Å². The standard InChI is InChI=1S/C12H22O4.K.Na.2H/c1-4-6-7-8-9(5-2)12(3,10(13)14)11(15)16;;;;/h9H,4-8H2,1-3H3,(H,13,14)(H,15,16);;;;/q;2*+1;2*-1. The third-order valence-electron chi connectivity index (χ3n) is 3.35. The van der Waals surface area contributed by atoms with E-state index in [-0.39, 0.29) is 89.7 Å². The Kier molecular flexibility index (Phi) is 16.8. The van der Waals surface area contributed by atoms with Crippen molar-refractivity contribution in [1.29, 1.82) is 0 Å². The summed E-state index contributed by atoms with van der Waals surface area (Å²) in [5, 5.41) is 18.2. The SMILES string of the molecule is CCCCCC(CC)C(C)(C(=O)O)C(=O)O.[H-].[H-].[K+].[Na+]. The molecule has 2 N–H and O–H groups in total. The summed E-state index contributed by atoms with van der Waals surface area (Å²) in [7, 11) is 0. The Bertz CT molecular complexity index is 254. The first-order valence-electron chi connectivity index (χ1n) is 5.87. The van der Waals surface area contributed by atoms with E-state index >= 15 is 0 Å². The van der Waals surface area contributed by atoms with Gasteiger partial charge in [0.2, 0.25) is 0 Å². The molecule has 6 heteroatoms. The van der Waals surface area contributed by atoms with Crippen LogP contribution >= 0.6 is 0 Å². The molecule has 18 heavy (non-hydrogen) atoms. The van der Waals surface area contributed by atoms with E-state index in [1.54, 1.807) is 0 Å². The third-order valence-corrected chi connectivity index (χ3v) is 3.35. The van der Waals surface area contributed by atoms with Gasteiger partial charge in [0, 0.05) is 0 Å². The molecule has 0 aliphatic heterocycles. The predicted molar refractivity (Wildman–Crippen MR) is 63.5 cm³/mol. The number of rotatable bonds is 8. The molecule has 0 aliphatic rings. The molecule has 4 nitrogen and oxygen atoms in total. The average Bonchev–Trinajstić information content (AvgIpc) is 2.23. The molecule has 0 aromatic rings. The van der Waals surface area contributed by atoms with Crippen LogP contribution in [-0.4, -0.2) is 22.2 Å². The molecule has 0 aliphatic carbocycles. The fourth-order valence-electron chi connectivity index (χ4n) is 1.98. The summed E-state index contributed by atoms with van der Waals surface area (Å²) in [5.74, 6) is -2.76. The second kappa shape index (κ2) is 12.3. The molecule has 0 rings (SSSR count). The Morgan fingerprint density at radius 2 is 1.61 bits per heavy atom. The summed E-state index contributed by atoms with van der Waals surface area (Å²) in [4.78, 5) is 22.2. The second-order valence-electron chi connectivity index (χ2n) is 4.41. The molecule has 0 aromatic carbocycles. The minimum Gasteiger partial charge on any atom is -1.00 e. The zero-order chi connectivity index (χ0) is 12.8.